The number of nitrogens with zero attached hydrogens (tertiary/aromatic N) is 1. The molecule has 3 aromatic rings. The molecule has 1 amide bonds. The van der Waals surface area contributed by atoms with E-state index in [4.69, 9.17) is 13.9 Å². The summed E-state index contributed by atoms with van der Waals surface area (Å²) in [5, 5.41) is 3.51. The minimum absolute atomic E-state index is 0.0463. The normalized spacial score (nSPS) is 15.5. The highest BCUT2D eigenvalue weighted by atomic mass is 16.5. The zero-order valence-electron chi connectivity index (χ0n) is 17.3. The van der Waals surface area contributed by atoms with Crippen molar-refractivity contribution < 1.29 is 18.7 Å². The fraction of sp³-hybridized carbons (Fsp3) is 0.292. The predicted octanol–water partition coefficient (Wildman–Crippen LogP) is 5.23. The summed E-state index contributed by atoms with van der Waals surface area (Å²) in [6.45, 7) is 3.10. The van der Waals surface area contributed by atoms with E-state index in [-0.39, 0.29) is 12.1 Å². The minimum Gasteiger partial charge on any atom is -0.493 e. The molecule has 0 saturated carbocycles. The number of benzene rings is 2. The van der Waals surface area contributed by atoms with Gasteiger partial charge in [0.25, 0.3) is 5.91 Å². The van der Waals surface area contributed by atoms with Gasteiger partial charge in [0.05, 0.1) is 32.1 Å². The molecule has 1 atom stereocenters. The molecule has 2 heterocycles. The van der Waals surface area contributed by atoms with Gasteiger partial charge in [-0.15, -0.1) is 0 Å². The maximum absolute atomic E-state index is 13.3. The molecule has 0 bridgehead atoms. The number of anilines is 1. The summed E-state index contributed by atoms with van der Waals surface area (Å²) in [4.78, 5) is 15.1. The molecule has 0 spiro atoms. The Hall–Kier alpha value is -3.41. The fourth-order valence-electron chi connectivity index (χ4n) is 3.59. The van der Waals surface area contributed by atoms with E-state index >= 15 is 0 Å². The van der Waals surface area contributed by atoms with E-state index in [9.17, 15) is 4.79 Å². The average molecular weight is 406 g/mol. The van der Waals surface area contributed by atoms with E-state index < -0.39 is 0 Å². The third-order valence-electron chi connectivity index (χ3n) is 5.19. The first-order chi connectivity index (χ1) is 14.7. The Balaban J connectivity index is 1.70. The number of rotatable bonds is 8. The number of carbonyl (C=O) groups excluding carboxylic acids is 1. The van der Waals surface area contributed by atoms with Gasteiger partial charge in [0.15, 0.2) is 11.5 Å². The second-order valence-corrected chi connectivity index (χ2v) is 7.22. The monoisotopic (exact) mass is 406 g/mol. The lowest BCUT2D eigenvalue weighted by Crippen LogP contribution is -2.42. The van der Waals surface area contributed by atoms with Crippen molar-refractivity contribution in [1.29, 1.82) is 0 Å². The molecule has 30 heavy (non-hydrogen) atoms. The van der Waals surface area contributed by atoms with Gasteiger partial charge in [-0.05, 0) is 48.4 Å². The van der Waals surface area contributed by atoms with Crippen molar-refractivity contribution in [3.8, 4) is 11.5 Å². The average Bonchev–Trinajstić information content (AvgIpc) is 3.29. The Bertz CT molecular complexity index is 1000. The van der Waals surface area contributed by atoms with E-state index in [1.54, 1.807) is 18.3 Å². The molecule has 1 aliphatic heterocycles. The van der Waals surface area contributed by atoms with E-state index in [2.05, 4.69) is 12.2 Å². The maximum atomic E-state index is 13.3. The Labute approximate surface area is 176 Å². The number of amides is 1. The number of hydrogen-bond acceptors (Lipinski definition) is 5. The van der Waals surface area contributed by atoms with Crippen LogP contribution in [0.1, 0.15) is 47.6 Å². The SMILES string of the molecule is CCCCOc1cc([C@H]2Nc3ccccc3C(=O)N2Cc2ccco2)ccc1OC. The highest BCUT2D eigenvalue weighted by Crippen LogP contribution is 2.37. The molecule has 6 heteroatoms. The zero-order valence-corrected chi connectivity index (χ0v) is 17.3. The Morgan fingerprint density at radius 3 is 2.73 bits per heavy atom. The van der Waals surface area contributed by atoms with Gasteiger partial charge in [-0.25, -0.2) is 0 Å². The molecule has 1 N–H and O–H groups in total. The van der Waals surface area contributed by atoms with Gasteiger partial charge in [-0.1, -0.05) is 31.5 Å². The number of para-hydroxylation sites is 1. The molecular formula is C24H26N2O4. The van der Waals surface area contributed by atoms with Gasteiger partial charge < -0.3 is 24.1 Å². The van der Waals surface area contributed by atoms with Crippen LogP contribution in [-0.2, 0) is 6.54 Å². The number of methoxy groups -OCH3 is 1. The van der Waals surface area contributed by atoms with Crippen molar-refractivity contribution in [3.05, 3.63) is 77.7 Å². The standard InChI is InChI=1S/C24H26N2O4/c1-3-4-13-30-22-15-17(11-12-21(22)28-2)23-25-20-10-6-5-9-19(20)24(27)26(23)16-18-8-7-14-29-18/h5-12,14-15,23,25H,3-4,13,16H2,1-2H3/t23-/m0/s1. The molecule has 0 fully saturated rings. The number of ether oxygens (including phenoxy) is 2. The lowest BCUT2D eigenvalue weighted by molar-refractivity contribution is 0.0651. The molecule has 4 rings (SSSR count). The highest BCUT2D eigenvalue weighted by molar-refractivity contribution is 6.01. The van der Waals surface area contributed by atoms with Crippen LogP contribution in [0.2, 0.25) is 0 Å². The molecule has 6 nitrogen and oxygen atoms in total. The Morgan fingerprint density at radius 2 is 1.97 bits per heavy atom. The van der Waals surface area contributed by atoms with Gasteiger partial charge >= 0.3 is 0 Å². The van der Waals surface area contributed by atoms with Gasteiger partial charge in [-0.3, -0.25) is 4.79 Å². The van der Waals surface area contributed by atoms with Crippen LogP contribution >= 0.6 is 0 Å². The zero-order chi connectivity index (χ0) is 20.9. The molecule has 2 aromatic carbocycles. The molecule has 1 aromatic heterocycles. The molecule has 0 unspecified atom stereocenters. The number of fused-ring (bicyclic) bond motifs is 1. The van der Waals surface area contributed by atoms with E-state index in [1.807, 2.05) is 54.6 Å². The summed E-state index contributed by atoms with van der Waals surface area (Å²) in [6.07, 6.45) is 3.27. The fourth-order valence-corrected chi connectivity index (χ4v) is 3.59. The van der Waals surface area contributed by atoms with Crippen LogP contribution in [0.3, 0.4) is 0 Å². The smallest absolute Gasteiger partial charge is 0.258 e. The van der Waals surface area contributed by atoms with Gasteiger partial charge in [0, 0.05) is 5.69 Å². The molecular weight excluding hydrogens is 380 g/mol. The first kappa shape index (κ1) is 19.9. The maximum Gasteiger partial charge on any atom is 0.258 e. The quantitative estimate of drug-likeness (QED) is 0.519. The van der Waals surface area contributed by atoms with Crippen molar-refractivity contribution in [2.24, 2.45) is 0 Å². The third-order valence-corrected chi connectivity index (χ3v) is 5.19. The summed E-state index contributed by atoms with van der Waals surface area (Å²) >= 11 is 0. The first-order valence-electron chi connectivity index (χ1n) is 10.2. The van der Waals surface area contributed by atoms with Gasteiger partial charge in [-0.2, -0.15) is 0 Å². The first-order valence-corrected chi connectivity index (χ1v) is 10.2. The summed E-state index contributed by atoms with van der Waals surface area (Å²) < 4.78 is 16.9. The summed E-state index contributed by atoms with van der Waals surface area (Å²) in [5.41, 5.74) is 2.37. The summed E-state index contributed by atoms with van der Waals surface area (Å²) in [6, 6.07) is 17.0. The second-order valence-electron chi connectivity index (χ2n) is 7.22. The molecule has 0 aliphatic carbocycles. The van der Waals surface area contributed by atoms with Crippen LogP contribution in [0.5, 0.6) is 11.5 Å². The molecule has 0 saturated heterocycles. The number of nitrogens with one attached hydrogen (secondary N) is 1. The van der Waals surface area contributed by atoms with Crippen molar-refractivity contribution in [1.82, 2.24) is 4.90 Å². The lowest BCUT2D eigenvalue weighted by atomic mass is 10.0. The highest BCUT2D eigenvalue weighted by Gasteiger charge is 2.33. The van der Waals surface area contributed by atoms with Crippen molar-refractivity contribution in [2.75, 3.05) is 19.0 Å². The Morgan fingerprint density at radius 1 is 1.10 bits per heavy atom. The van der Waals surface area contributed by atoms with E-state index in [1.165, 1.54) is 0 Å². The van der Waals surface area contributed by atoms with E-state index in [0.717, 1.165) is 29.9 Å². The number of carbonyl (C=O) groups is 1. The predicted molar refractivity (Wildman–Crippen MR) is 115 cm³/mol. The minimum atomic E-state index is -0.364. The van der Waals surface area contributed by atoms with Crippen LogP contribution in [0.25, 0.3) is 0 Å². The number of furan rings is 1. The number of unbranched alkanes of at least 4 members (excludes halogenated alkanes) is 1. The topological polar surface area (TPSA) is 63.9 Å². The summed E-state index contributed by atoms with van der Waals surface area (Å²) in [7, 11) is 1.63. The Kier molecular flexibility index (Phi) is 5.93. The number of hydrogen-bond donors (Lipinski definition) is 1. The van der Waals surface area contributed by atoms with Crippen molar-refractivity contribution >= 4 is 11.6 Å². The van der Waals surface area contributed by atoms with Crippen LogP contribution in [0.4, 0.5) is 5.69 Å². The largest absolute Gasteiger partial charge is 0.493 e. The van der Waals surface area contributed by atoms with E-state index in [0.29, 0.717) is 30.2 Å². The van der Waals surface area contributed by atoms with Crippen LogP contribution in [0.15, 0.2) is 65.3 Å². The van der Waals surface area contributed by atoms with Crippen molar-refractivity contribution in [2.45, 2.75) is 32.5 Å². The third kappa shape index (κ3) is 3.99. The van der Waals surface area contributed by atoms with Crippen molar-refractivity contribution in [3.63, 3.8) is 0 Å². The second kappa shape index (κ2) is 8.95. The van der Waals surface area contributed by atoms with Crippen LogP contribution in [0, 0.1) is 0 Å². The lowest BCUT2D eigenvalue weighted by Gasteiger charge is -2.38. The molecule has 156 valence electrons. The van der Waals surface area contributed by atoms with Crippen LogP contribution < -0.4 is 14.8 Å². The van der Waals surface area contributed by atoms with Gasteiger partial charge in [0.2, 0.25) is 0 Å². The molecule has 1 aliphatic rings. The van der Waals surface area contributed by atoms with Gasteiger partial charge in [0.1, 0.15) is 11.9 Å². The molecule has 0 radical (unpaired) electrons. The summed E-state index contributed by atoms with van der Waals surface area (Å²) in [5.74, 6) is 2.03. The van der Waals surface area contributed by atoms with Crippen LogP contribution in [-0.4, -0.2) is 24.5 Å².